The summed E-state index contributed by atoms with van der Waals surface area (Å²) in [6, 6.07) is 2.23. The molecule has 0 fully saturated rings. The minimum atomic E-state index is 0.0510. The Labute approximate surface area is 119 Å². The van der Waals surface area contributed by atoms with Crippen LogP contribution in [-0.4, -0.2) is 15.1 Å². The van der Waals surface area contributed by atoms with Crippen LogP contribution >= 0.6 is 11.3 Å². The van der Waals surface area contributed by atoms with Gasteiger partial charge in [-0.3, -0.25) is 0 Å². The van der Waals surface area contributed by atoms with Crippen molar-refractivity contribution >= 4 is 16.5 Å². The standard InChI is InChI=1S/C15H23N3S/c1-7-18-10(2)8-12(11(18)3)13-9-19-14(16-13)17-15(4,5)6/h8-9H,7H2,1-6H3,(H,16,17). The molecule has 1 N–H and O–H groups in total. The quantitative estimate of drug-likeness (QED) is 0.897. The van der Waals surface area contributed by atoms with Gasteiger partial charge in [0, 0.05) is 34.4 Å². The lowest BCUT2D eigenvalue weighted by atomic mass is 10.1. The van der Waals surface area contributed by atoms with Gasteiger partial charge in [-0.15, -0.1) is 11.3 Å². The first kappa shape index (κ1) is 14.1. The molecule has 0 atom stereocenters. The van der Waals surface area contributed by atoms with Crippen molar-refractivity contribution in [1.82, 2.24) is 9.55 Å². The van der Waals surface area contributed by atoms with Crippen LogP contribution in [0, 0.1) is 13.8 Å². The molecule has 2 rings (SSSR count). The van der Waals surface area contributed by atoms with Crippen molar-refractivity contribution in [3.63, 3.8) is 0 Å². The largest absolute Gasteiger partial charge is 0.357 e. The maximum Gasteiger partial charge on any atom is 0.183 e. The normalized spacial score (nSPS) is 11.9. The van der Waals surface area contributed by atoms with E-state index in [-0.39, 0.29) is 5.54 Å². The highest BCUT2D eigenvalue weighted by Gasteiger charge is 2.15. The third kappa shape index (κ3) is 3.00. The Morgan fingerprint density at radius 1 is 1.32 bits per heavy atom. The average Bonchev–Trinajstić information content (AvgIpc) is 2.82. The number of hydrogen-bond donors (Lipinski definition) is 1. The molecule has 2 aromatic rings. The van der Waals surface area contributed by atoms with Crippen molar-refractivity contribution in [3.05, 3.63) is 22.8 Å². The summed E-state index contributed by atoms with van der Waals surface area (Å²) < 4.78 is 2.32. The molecule has 4 heteroatoms. The zero-order valence-electron chi connectivity index (χ0n) is 12.7. The maximum absolute atomic E-state index is 4.71. The van der Waals surface area contributed by atoms with Gasteiger partial charge in [0.05, 0.1) is 5.69 Å². The van der Waals surface area contributed by atoms with Crippen molar-refractivity contribution in [2.24, 2.45) is 0 Å². The van der Waals surface area contributed by atoms with E-state index < -0.39 is 0 Å². The smallest absolute Gasteiger partial charge is 0.183 e. The van der Waals surface area contributed by atoms with Crippen LogP contribution in [0.4, 0.5) is 5.13 Å². The number of aryl methyl sites for hydroxylation is 1. The Hall–Kier alpha value is -1.29. The van der Waals surface area contributed by atoms with E-state index in [1.165, 1.54) is 17.0 Å². The monoisotopic (exact) mass is 277 g/mol. The molecule has 19 heavy (non-hydrogen) atoms. The summed E-state index contributed by atoms with van der Waals surface area (Å²) in [5.74, 6) is 0. The Morgan fingerprint density at radius 2 is 2.00 bits per heavy atom. The molecular formula is C15H23N3S. The Balaban J connectivity index is 2.33. The van der Waals surface area contributed by atoms with Gasteiger partial charge >= 0.3 is 0 Å². The fraction of sp³-hybridized carbons (Fsp3) is 0.533. The lowest BCUT2D eigenvalue weighted by molar-refractivity contribution is 0.633. The van der Waals surface area contributed by atoms with Crippen molar-refractivity contribution in [2.75, 3.05) is 5.32 Å². The van der Waals surface area contributed by atoms with Gasteiger partial charge in [-0.25, -0.2) is 4.98 Å². The second kappa shape index (κ2) is 5.00. The summed E-state index contributed by atoms with van der Waals surface area (Å²) >= 11 is 1.67. The topological polar surface area (TPSA) is 29.9 Å². The molecule has 104 valence electrons. The highest BCUT2D eigenvalue weighted by atomic mass is 32.1. The molecule has 0 aliphatic rings. The highest BCUT2D eigenvalue weighted by Crippen LogP contribution is 2.30. The van der Waals surface area contributed by atoms with Gasteiger partial charge in [0.25, 0.3) is 0 Å². The zero-order valence-corrected chi connectivity index (χ0v) is 13.5. The number of anilines is 1. The molecule has 0 bridgehead atoms. The van der Waals surface area contributed by atoms with E-state index in [2.05, 4.69) is 62.9 Å². The van der Waals surface area contributed by atoms with Crippen LogP contribution in [0.25, 0.3) is 11.3 Å². The molecule has 0 aromatic carbocycles. The summed E-state index contributed by atoms with van der Waals surface area (Å²) in [6.45, 7) is 14.0. The number of nitrogens with one attached hydrogen (secondary N) is 1. The van der Waals surface area contributed by atoms with Crippen LogP contribution in [0.5, 0.6) is 0 Å². The van der Waals surface area contributed by atoms with Crippen LogP contribution in [0.1, 0.15) is 39.1 Å². The summed E-state index contributed by atoms with van der Waals surface area (Å²) in [6.07, 6.45) is 0. The molecule has 0 unspecified atom stereocenters. The second-order valence-electron chi connectivity index (χ2n) is 5.94. The van der Waals surface area contributed by atoms with Crippen LogP contribution in [0.3, 0.4) is 0 Å². The first-order valence-corrected chi connectivity index (χ1v) is 7.60. The van der Waals surface area contributed by atoms with Crippen LogP contribution in [-0.2, 0) is 6.54 Å². The Kier molecular flexibility index (Phi) is 3.72. The van der Waals surface area contributed by atoms with Crippen LogP contribution in [0.15, 0.2) is 11.4 Å². The Morgan fingerprint density at radius 3 is 2.53 bits per heavy atom. The number of nitrogens with zero attached hydrogens (tertiary/aromatic N) is 2. The van der Waals surface area contributed by atoms with Crippen LogP contribution < -0.4 is 5.32 Å². The van der Waals surface area contributed by atoms with Crippen molar-refractivity contribution < 1.29 is 0 Å². The molecular weight excluding hydrogens is 254 g/mol. The number of thiazole rings is 1. The van der Waals surface area contributed by atoms with Crippen molar-refractivity contribution in [2.45, 2.75) is 53.6 Å². The Bertz CT molecular complexity index is 573. The van der Waals surface area contributed by atoms with E-state index in [0.717, 1.165) is 17.4 Å². The molecule has 0 saturated carbocycles. The molecule has 3 nitrogen and oxygen atoms in total. The van der Waals surface area contributed by atoms with Gasteiger partial charge in [0.2, 0.25) is 0 Å². The third-order valence-corrected chi connectivity index (χ3v) is 3.91. The highest BCUT2D eigenvalue weighted by molar-refractivity contribution is 7.14. The molecule has 2 aromatic heterocycles. The summed E-state index contributed by atoms with van der Waals surface area (Å²) in [4.78, 5) is 4.71. The molecule has 2 heterocycles. The lowest BCUT2D eigenvalue weighted by Gasteiger charge is -2.19. The van der Waals surface area contributed by atoms with Crippen LogP contribution in [0.2, 0.25) is 0 Å². The zero-order chi connectivity index (χ0) is 14.2. The molecule has 0 aliphatic heterocycles. The summed E-state index contributed by atoms with van der Waals surface area (Å²) in [7, 11) is 0. The van der Waals surface area contributed by atoms with Crippen molar-refractivity contribution in [3.8, 4) is 11.3 Å². The van der Waals surface area contributed by atoms with E-state index in [1.54, 1.807) is 11.3 Å². The van der Waals surface area contributed by atoms with E-state index in [1.807, 2.05) is 0 Å². The maximum atomic E-state index is 4.71. The number of aromatic nitrogens is 2. The average molecular weight is 277 g/mol. The minimum Gasteiger partial charge on any atom is -0.357 e. The van der Waals surface area contributed by atoms with E-state index in [0.29, 0.717) is 0 Å². The van der Waals surface area contributed by atoms with Gasteiger partial charge < -0.3 is 9.88 Å². The number of rotatable bonds is 3. The molecule has 0 aliphatic carbocycles. The number of hydrogen-bond acceptors (Lipinski definition) is 3. The first-order valence-electron chi connectivity index (χ1n) is 6.72. The SMILES string of the molecule is CCn1c(C)cc(-c2csc(NC(C)(C)C)n2)c1C. The predicted octanol–water partition coefficient (Wildman–Crippen LogP) is 4.46. The van der Waals surface area contributed by atoms with Gasteiger partial charge in [-0.05, 0) is 47.6 Å². The van der Waals surface area contributed by atoms with Gasteiger partial charge in [-0.2, -0.15) is 0 Å². The fourth-order valence-electron chi connectivity index (χ4n) is 2.32. The minimum absolute atomic E-state index is 0.0510. The molecule has 0 spiro atoms. The molecule has 0 amide bonds. The van der Waals surface area contributed by atoms with E-state index >= 15 is 0 Å². The second-order valence-corrected chi connectivity index (χ2v) is 6.80. The fourth-order valence-corrected chi connectivity index (χ4v) is 3.24. The van der Waals surface area contributed by atoms with Gasteiger partial charge in [0.15, 0.2) is 5.13 Å². The summed E-state index contributed by atoms with van der Waals surface area (Å²) in [5.41, 5.74) is 4.97. The third-order valence-electron chi connectivity index (χ3n) is 3.15. The first-order chi connectivity index (χ1) is 8.81. The summed E-state index contributed by atoms with van der Waals surface area (Å²) in [5, 5.41) is 6.55. The molecule has 0 saturated heterocycles. The van der Waals surface area contributed by atoms with Crippen molar-refractivity contribution in [1.29, 1.82) is 0 Å². The van der Waals surface area contributed by atoms with E-state index in [4.69, 9.17) is 4.98 Å². The van der Waals surface area contributed by atoms with Gasteiger partial charge in [-0.1, -0.05) is 0 Å². The lowest BCUT2D eigenvalue weighted by Crippen LogP contribution is -2.25. The van der Waals surface area contributed by atoms with Gasteiger partial charge in [0.1, 0.15) is 0 Å². The van der Waals surface area contributed by atoms with E-state index in [9.17, 15) is 0 Å². The molecule has 0 radical (unpaired) electrons. The predicted molar refractivity (Wildman–Crippen MR) is 84.1 cm³/mol.